The molecule has 1 atom stereocenters. The van der Waals surface area contributed by atoms with Gasteiger partial charge in [0, 0.05) is 24.4 Å². The summed E-state index contributed by atoms with van der Waals surface area (Å²) in [6, 6.07) is 1.04. The van der Waals surface area contributed by atoms with Gasteiger partial charge < -0.3 is 10.0 Å². The number of piperidine rings is 1. The van der Waals surface area contributed by atoms with Crippen LogP contribution in [0.3, 0.4) is 0 Å². The number of carboxylic acid groups (broad SMARTS) is 1. The van der Waals surface area contributed by atoms with Gasteiger partial charge in [-0.1, -0.05) is 18.8 Å². The molecule has 33 heavy (non-hydrogen) atoms. The van der Waals surface area contributed by atoms with Gasteiger partial charge in [-0.3, -0.25) is 14.5 Å². The number of carboxylic acids is 1. The van der Waals surface area contributed by atoms with Crippen LogP contribution in [0, 0.1) is 29.1 Å². The molecule has 0 aromatic carbocycles. The molecule has 1 saturated heterocycles. The molecule has 3 rings (SSSR count). The smallest absolute Gasteiger partial charge is 0.348 e. The number of anilines is 1. The van der Waals surface area contributed by atoms with Crippen LogP contribution in [0.2, 0.25) is 0 Å². The lowest BCUT2D eigenvalue weighted by Crippen LogP contribution is -2.56. The van der Waals surface area contributed by atoms with E-state index in [4.69, 9.17) is 0 Å². The molecule has 0 radical (unpaired) electrons. The zero-order valence-corrected chi connectivity index (χ0v) is 21.3. The van der Waals surface area contributed by atoms with Crippen LogP contribution < -0.4 is 4.90 Å². The number of aromatic carboxylic acids is 1. The summed E-state index contributed by atoms with van der Waals surface area (Å²) in [5, 5.41) is 9.97. The van der Waals surface area contributed by atoms with Crippen molar-refractivity contribution < 1.29 is 19.5 Å². The first-order valence-corrected chi connectivity index (χ1v) is 12.9. The van der Waals surface area contributed by atoms with E-state index in [1.165, 1.54) is 4.90 Å². The first-order valence-electron chi connectivity index (χ1n) is 12.0. The second kappa shape index (κ2) is 10.3. The molecule has 2 fully saturated rings. The molecule has 2 amide bonds. The van der Waals surface area contributed by atoms with Crippen LogP contribution in [0.5, 0.6) is 0 Å². The van der Waals surface area contributed by atoms with Gasteiger partial charge in [-0.2, -0.15) is 0 Å². The number of thiophene rings is 1. The Balaban J connectivity index is 2.07. The highest BCUT2D eigenvalue weighted by molar-refractivity contribution is 7.15. The number of carbonyl (C=O) groups excluding carboxylic acids is 2. The molecular weight excluding hydrogens is 436 g/mol. The molecule has 6 nitrogen and oxygen atoms in total. The van der Waals surface area contributed by atoms with Crippen molar-refractivity contribution in [1.82, 2.24) is 4.90 Å². The second-order valence-corrected chi connectivity index (χ2v) is 11.4. The van der Waals surface area contributed by atoms with Crippen LogP contribution in [0.1, 0.15) is 87.7 Å². The van der Waals surface area contributed by atoms with E-state index >= 15 is 0 Å². The van der Waals surface area contributed by atoms with Crippen molar-refractivity contribution in [3.05, 3.63) is 15.8 Å². The topological polar surface area (TPSA) is 77.9 Å². The summed E-state index contributed by atoms with van der Waals surface area (Å²) in [5.41, 5.74) is 0.0913. The SMILES string of the molecule is CCN1CCC[C@H](N(c2cc(C#CC(C)(C)C)sc2C(=O)O)C(=O)[C@H]2CC[C@H](C)CC2)C1=O. The van der Waals surface area contributed by atoms with Gasteiger partial charge in [0.1, 0.15) is 10.9 Å². The maximum Gasteiger partial charge on any atom is 0.348 e. The predicted molar refractivity (Wildman–Crippen MR) is 131 cm³/mol. The van der Waals surface area contributed by atoms with Crippen molar-refractivity contribution in [1.29, 1.82) is 0 Å². The number of likely N-dealkylation sites (tertiary alicyclic amines) is 1. The molecule has 1 N–H and O–H groups in total. The van der Waals surface area contributed by atoms with E-state index in [0.717, 1.165) is 43.4 Å². The van der Waals surface area contributed by atoms with Crippen LogP contribution in [0.15, 0.2) is 6.07 Å². The monoisotopic (exact) mass is 472 g/mol. The van der Waals surface area contributed by atoms with Crippen molar-refractivity contribution in [2.45, 2.75) is 79.2 Å². The maximum atomic E-state index is 13.9. The molecular formula is C26H36N2O4S. The average Bonchev–Trinajstić information content (AvgIpc) is 3.18. The fourth-order valence-corrected chi connectivity index (χ4v) is 5.48. The summed E-state index contributed by atoms with van der Waals surface area (Å²) in [6.07, 6.45) is 4.83. The number of rotatable bonds is 5. The third-order valence-corrected chi connectivity index (χ3v) is 7.55. The van der Waals surface area contributed by atoms with Gasteiger partial charge in [-0.05, 0) is 78.2 Å². The standard InChI is InChI=1S/C26H36N2O4S/c1-6-27-15-7-8-20(24(27)30)28(23(29)18-11-9-17(2)10-12-18)21-16-19(13-14-26(3,4)5)33-22(21)25(31)32/h16-18,20H,6-12,15H2,1-5H3,(H,31,32)/t17-,18-,20-/m0/s1. The molecule has 0 spiro atoms. The second-order valence-electron chi connectivity index (χ2n) is 10.4. The van der Waals surface area contributed by atoms with Crippen molar-refractivity contribution in [2.75, 3.05) is 18.0 Å². The Morgan fingerprint density at radius 2 is 1.88 bits per heavy atom. The molecule has 1 aromatic heterocycles. The molecule has 1 saturated carbocycles. The first-order chi connectivity index (χ1) is 15.5. The van der Waals surface area contributed by atoms with E-state index in [-0.39, 0.29) is 28.0 Å². The number of amides is 2. The molecule has 2 aliphatic rings. The average molecular weight is 473 g/mol. The highest BCUT2D eigenvalue weighted by Crippen LogP contribution is 2.37. The fraction of sp³-hybridized carbons (Fsp3) is 0.654. The lowest BCUT2D eigenvalue weighted by molar-refractivity contribution is -0.137. The lowest BCUT2D eigenvalue weighted by Gasteiger charge is -2.40. The Kier molecular flexibility index (Phi) is 7.89. The number of hydrogen-bond donors (Lipinski definition) is 1. The molecule has 1 aromatic rings. The van der Waals surface area contributed by atoms with E-state index in [1.54, 1.807) is 11.0 Å². The van der Waals surface area contributed by atoms with E-state index < -0.39 is 12.0 Å². The van der Waals surface area contributed by atoms with Crippen molar-refractivity contribution in [2.24, 2.45) is 17.3 Å². The fourth-order valence-electron chi connectivity index (χ4n) is 4.64. The molecule has 1 aliphatic carbocycles. The van der Waals surface area contributed by atoms with Crippen LogP contribution in [-0.4, -0.2) is 46.9 Å². The highest BCUT2D eigenvalue weighted by Gasteiger charge is 2.41. The zero-order valence-electron chi connectivity index (χ0n) is 20.4. The lowest BCUT2D eigenvalue weighted by atomic mass is 9.82. The molecule has 180 valence electrons. The van der Waals surface area contributed by atoms with Crippen molar-refractivity contribution in [3.63, 3.8) is 0 Å². The van der Waals surface area contributed by atoms with E-state index in [0.29, 0.717) is 36.0 Å². The van der Waals surface area contributed by atoms with Crippen LogP contribution in [-0.2, 0) is 9.59 Å². The summed E-state index contributed by atoms with van der Waals surface area (Å²) >= 11 is 1.08. The van der Waals surface area contributed by atoms with Gasteiger partial charge in [0.05, 0.1) is 10.6 Å². The van der Waals surface area contributed by atoms with E-state index in [2.05, 4.69) is 18.8 Å². The van der Waals surface area contributed by atoms with Crippen LogP contribution in [0.25, 0.3) is 0 Å². The minimum atomic E-state index is -1.09. The van der Waals surface area contributed by atoms with Gasteiger partial charge >= 0.3 is 5.97 Å². The third kappa shape index (κ3) is 5.97. The normalized spacial score (nSPS) is 23.6. The summed E-state index contributed by atoms with van der Waals surface area (Å²) < 4.78 is 0. The Morgan fingerprint density at radius 3 is 2.45 bits per heavy atom. The van der Waals surface area contributed by atoms with Crippen molar-refractivity contribution in [3.8, 4) is 11.8 Å². The molecule has 0 bridgehead atoms. The molecule has 0 unspecified atom stereocenters. The van der Waals surface area contributed by atoms with Gasteiger partial charge in [-0.25, -0.2) is 4.79 Å². The zero-order chi connectivity index (χ0) is 24.3. The number of nitrogens with zero attached hydrogens (tertiary/aromatic N) is 2. The van der Waals surface area contributed by atoms with E-state index in [9.17, 15) is 19.5 Å². The largest absolute Gasteiger partial charge is 0.477 e. The maximum absolute atomic E-state index is 13.9. The molecule has 2 heterocycles. The minimum absolute atomic E-state index is 0.0761. The first kappa shape index (κ1) is 25.3. The van der Waals surface area contributed by atoms with Gasteiger partial charge in [0.25, 0.3) is 0 Å². The Labute approximate surface area is 201 Å². The van der Waals surface area contributed by atoms with Gasteiger partial charge in [-0.15, -0.1) is 11.3 Å². The summed E-state index contributed by atoms with van der Waals surface area (Å²) in [5.74, 6) is 5.34. The van der Waals surface area contributed by atoms with Gasteiger partial charge in [0.15, 0.2) is 0 Å². The quantitative estimate of drug-likeness (QED) is 0.611. The number of carbonyl (C=O) groups is 3. The van der Waals surface area contributed by atoms with Crippen LogP contribution >= 0.6 is 11.3 Å². The van der Waals surface area contributed by atoms with E-state index in [1.807, 2.05) is 27.7 Å². The summed E-state index contributed by atoms with van der Waals surface area (Å²) in [6.45, 7) is 11.4. The number of hydrogen-bond acceptors (Lipinski definition) is 4. The minimum Gasteiger partial charge on any atom is -0.477 e. The highest BCUT2D eigenvalue weighted by atomic mass is 32.1. The van der Waals surface area contributed by atoms with Crippen molar-refractivity contribution >= 4 is 34.8 Å². The Hall–Kier alpha value is -2.33. The summed E-state index contributed by atoms with van der Waals surface area (Å²) in [4.78, 5) is 43.4. The summed E-state index contributed by atoms with van der Waals surface area (Å²) in [7, 11) is 0. The Bertz CT molecular complexity index is 957. The third-order valence-electron chi connectivity index (χ3n) is 6.53. The predicted octanol–water partition coefficient (Wildman–Crippen LogP) is 5.01. The van der Waals surface area contributed by atoms with Crippen LogP contribution in [0.4, 0.5) is 5.69 Å². The molecule has 7 heteroatoms. The Morgan fingerprint density at radius 1 is 1.21 bits per heavy atom. The van der Waals surface area contributed by atoms with Gasteiger partial charge in [0.2, 0.25) is 11.8 Å². The number of likely N-dealkylation sites (N-methyl/N-ethyl adjacent to an activating group) is 1. The molecule has 1 aliphatic heterocycles.